The van der Waals surface area contributed by atoms with Gasteiger partial charge in [-0.2, -0.15) is 11.8 Å². The third kappa shape index (κ3) is 5.03. The summed E-state index contributed by atoms with van der Waals surface area (Å²) in [7, 11) is 0. The molecule has 0 aromatic heterocycles. The topological polar surface area (TPSA) is 43.1 Å². The summed E-state index contributed by atoms with van der Waals surface area (Å²) in [6.07, 6.45) is 7.53. The molecule has 1 unspecified atom stereocenters. The Labute approximate surface area is 97.4 Å². The molecule has 1 aliphatic rings. The molecule has 1 rings (SSSR count). The van der Waals surface area contributed by atoms with Gasteiger partial charge in [-0.15, -0.1) is 0 Å². The van der Waals surface area contributed by atoms with Crippen molar-refractivity contribution in [2.45, 2.75) is 51.5 Å². The monoisotopic (exact) mass is 229 g/mol. The molecule has 1 saturated carbocycles. The summed E-state index contributed by atoms with van der Waals surface area (Å²) in [5.74, 6) is 3.09. The van der Waals surface area contributed by atoms with Gasteiger partial charge in [0.25, 0.3) is 0 Å². The van der Waals surface area contributed by atoms with E-state index in [-0.39, 0.29) is 11.8 Å². The fourth-order valence-electron chi connectivity index (χ4n) is 2.07. The van der Waals surface area contributed by atoms with E-state index in [2.05, 4.69) is 0 Å². The van der Waals surface area contributed by atoms with E-state index in [1.54, 1.807) is 0 Å². The lowest BCUT2D eigenvalue weighted by Crippen LogP contribution is -2.32. The van der Waals surface area contributed by atoms with Gasteiger partial charge in [-0.3, -0.25) is 4.79 Å². The minimum atomic E-state index is -0.233. The molecular weight excluding hydrogens is 206 g/mol. The normalized spacial score (nSPS) is 20.1. The maximum atomic E-state index is 11.3. The van der Waals surface area contributed by atoms with Gasteiger partial charge < -0.3 is 5.73 Å². The van der Waals surface area contributed by atoms with E-state index in [0.29, 0.717) is 6.42 Å². The van der Waals surface area contributed by atoms with Crippen LogP contribution >= 0.6 is 11.8 Å². The van der Waals surface area contributed by atoms with Crippen LogP contribution in [-0.2, 0) is 4.79 Å². The highest BCUT2D eigenvalue weighted by Gasteiger charge is 2.15. The highest BCUT2D eigenvalue weighted by atomic mass is 32.2. The van der Waals surface area contributed by atoms with E-state index < -0.39 is 0 Å². The van der Waals surface area contributed by atoms with Gasteiger partial charge in [0.1, 0.15) is 5.78 Å². The van der Waals surface area contributed by atoms with Crippen molar-refractivity contribution in [3.05, 3.63) is 0 Å². The van der Waals surface area contributed by atoms with Crippen molar-refractivity contribution in [3.63, 3.8) is 0 Å². The number of thioether (sulfide) groups is 1. The average Bonchev–Trinajstić information content (AvgIpc) is 2.29. The van der Waals surface area contributed by atoms with Crippen LogP contribution in [0, 0.1) is 5.92 Å². The Balaban J connectivity index is 2.07. The number of carbonyl (C=O) groups is 1. The maximum Gasteiger partial charge on any atom is 0.150 e. The third-order valence-corrected chi connectivity index (χ3v) is 4.44. The Morgan fingerprint density at radius 2 is 2.07 bits per heavy atom. The molecule has 1 fully saturated rings. The van der Waals surface area contributed by atoms with E-state index in [1.165, 1.54) is 37.9 Å². The van der Waals surface area contributed by atoms with Crippen molar-refractivity contribution in [1.82, 2.24) is 0 Å². The minimum absolute atomic E-state index is 0.200. The van der Waals surface area contributed by atoms with E-state index >= 15 is 0 Å². The van der Waals surface area contributed by atoms with Gasteiger partial charge >= 0.3 is 0 Å². The Kier molecular flexibility index (Phi) is 6.34. The van der Waals surface area contributed by atoms with Crippen molar-refractivity contribution in [1.29, 1.82) is 0 Å². The smallest absolute Gasteiger partial charge is 0.150 e. The zero-order valence-electron chi connectivity index (χ0n) is 9.71. The van der Waals surface area contributed by atoms with Gasteiger partial charge in [0, 0.05) is 12.2 Å². The molecule has 1 aliphatic carbocycles. The van der Waals surface area contributed by atoms with Crippen LogP contribution in [-0.4, -0.2) is 23.3 Å². The lowest BCUT2D eigenvalue weighted by molar-refractivity contribution is -0.119. The second kappa shape index (κ2) is 7.29. The fourth-order valence-corrected chi connectivity index (χ4v) is 3.31. The molecule has 1 atom stereocenters. The van der Waals surface area contributed by atoms with Crippen LogP contribution in [0.2, 0.25) is 0 Å². The standard InChI is InChI=1S/C12H23NOS/c1-2-12(14)11(13)9-15-8-10-6-4-3-5-7-10/h10-11H,2-9,13H2,1H3. The molecule has 2 nitrogen and oxygen atoms in total. The minimum Gasteiger partial charge on any atom is -0.321 e. The summed E-state index contributed by atoms with van der Waals surface area (Å²) in [5.41, 5.74) is 5.77. The van der Waals surface area contributed by atoms with Crippen molar-refractivity contribution in [3.8, 4) is 0 Å². The van der Waals surface area contributed by atoms with Crippen molar-refractivity contribution in [2.24, 2.45) is 11.7 Å². The highest BCUT2D eigenvalue weighted by Crippen LogP contribution is 2.26. The molecule has 2 N–H and O–H groups in total. The number of nitrogens with two attached hydrogens (primary N) is 1. The quantitative estimate of drug-likeness (QED) is 0.761. The molecule has 0 aliphatic heterocycles. The van der Waals surface area contributed by atoms with E-state index in [0.717, 1.165) is 11.7 Å². The Hall–Kier alpha value is -0.0200. The average molecular weight is 229 g/mol. The number of hydrogen-bond acceptors (Lipinski definition) is 3. The van der Waals surface area contributed by atoms with Gasteiger partial charge in [-0.25, -0.2) is 0 Å². The predicted molar refractivity (Wildman–Crippen MR) is 67.2 cm³/mol. The molecular formula is C12H23NOS. The number of hydrogen-bond donors (Lipinski definition) is 1. The van der Waals surface area contributed by atoms with E-state index in [9.17, 15) is 4.79 Å². The first-order valence-electron chi connectivity index (χ1n) is 6.10. The molecule has 0 amide bonds. The molecule has 0 aromatic rings. The Morgan fingerprint density at radius 3 is 2.67 bits per heavy atom. The molecule has 3 heteroatoms. The summed E-state index contributed by atoms with van der Waals surface area (Å²) in [6.45, 7) is 1.88. The lowest BCUT2D eigenvalue weighted by atomic mass is 9.91. The van der Waals surface area contributed by atoms with Crippen molar-refractivity contribution >= 4 is 17.5 Å². The predicted octanol–water partition coefficient (Wildman–Crippen LogP) is 2.61. The van der Waals surface area contributed by atoms with Crippen LogP contribution in [0.3, 0.4) is 0 Å². The largest absolute Gasteiger partial charge is 0.321 e. The molecule has 15 heavy (non-hydrogen) atoms. The van der Waals surface area contributed by atoms with Crippen LogP contribution in [0.1, 0.15) is 45.4 Å². The number of rotatable bonds is 6. The second-order valence-corrected chi connectivity index (χ2v) is 5.54. The van der Waals surface area contributed by atoms with Gasteiger partial charge in [-0.05, 0) is 24.5 Å². The molecule has 0 aromatic carbocycles. The van der Waals surface area contributed by atoms with Crippen LogP contribution in [0.4, 0.5) is 0 Å². The van der Waals surface area contributed by atoms with E-state index in [4.69, 9.17) is 5.73 Å². The van der Waals surface area contributed by atoms with Gasteiger partial charge in [0.15, 0.2) is 0 Å². The number of carbonyl (C=O) groups excluding carboxylic acids is 1. The lowest BCUT2D eigenvalue weighted by Gasteiger charge is -2.21. The molecule has 0 saturated heterocycles. The summed E-state index contributed by atoms with van der Waals surface area (Å²) in [5, 5.41) is 0. The summed E-state index contributed by atoms with van der Waals surface area (Å²) >= 11 is 1.87. The summed E-state index contributed by atoms with van der Waals surface area (Å²) in [4.78, 5) is 11.3. The van der Waals surface area contributed by atoms with Gasteiger partial charge in [0.05, 0.1) is 6.04 Å². The number of Topliss-reactive ketones (excluding diaryl/α,β-unsaturated/α-hetero) is 1. The maximum absolute atomic E-state index is 11.3. The van der Waals surface area contributed by atoms with Crippen LogP contribution in [0.15, 0.2) is 0 Å². The molecule has 0 radical (unpaired) electrons. The second-order valence-electron chi connectivity index (χ2n) is 4.47. The fraction of sp³-hybridized carbons (Fsp3) is 0.917. The number of ketones is 1. The molecule has 0 spiro atoms. The first-order chi connectivity index (χ1) is 7.24. The Bertz CT molecular complexity index is 190. The summed E-state index contributed by atoms with van der Waals surface area (Å²) < 4.78 is 0. The van der Waals surface area contributed by atoms with Crippen molar-refractivity contribution in [2.75, 3.05) is 11.5 Å². The first-order valence-corrected chi connectivity index (χ1v) is 7.25. The first kappa shape index (κ1) is 13.0. The van der Waals surface area contributed by atoms with E-state index in [1.807, 2.05) is 18.7 Å². The molecule has 88 valence electrons. The molecule has 0 heterocycles. The Morgan fingerprint density at radius 1 is 1.40 bits per heavy atom. The third-order valence-electron chi connectivity index (χ3n) is 3.14. The van der Waals surface area contributed by atoms with Crippen LogP contribution in [0.5, 0.6) is 0 Å². The highest BCUT2D eigenvalue weighted by molar-refractivity contribution is 7.99. The summed E-state index contributed by atoms with van der Waals surface area (Å²) in [6, 6.07) is -0.233. The van der Waals surface area contributed by atoms with Crippen molar-refractivity contribution < 1.29 is 4.79 Å². The van der Waals surface area contributed by atoms with Crippen LogP contribution in [0.25, 0.3) is 0 Å². The molecule has 0 bridgehead atoms. The zero-order valence-corrected chi connectivity index (χ0v) is 10.5. The zero-order chi connectivity index (χ0) is 11.1. The SMILES string of the molecule is CCC(=O)C(N)CSCC1CCCCC1. The van der Waals surface area contributed by atoms with Crippen LogP contribution < -0.4 is 5.73 Å². The van der Waals surface area contributed by atoms with Gasteiger partial charge in [-0.1, -0.05) is 26.2 Å². The van der Waals surface area contributed by atoms with Gasteiger partial charge in [0.2, 0.25) is 0 Å².